The van der Waals surface area contributed by atoms with Gasteiger partial charge in [0.2, 0.25) is 5.91 Å². The SMILES string of the molecule is CC1(C)Oc2cccc(NC(=O)C3CCCCC3)c2NC1=O. The van der Waals surface area contributed by atoms with Crippen LogP contribution in [0.25, 0.3) is 0 Å². The van der Waals surface area contributed by atoms with Crippen molar-refractivity contribution in [1.29, 1.82) is 0 Å². The van der Waals surface area contributed by atoms with Crippen LogP contribution in [0, 0.1) is 5.92 Å². The molecular weight excluding hydrogens is 280 g/mol. The second-order valence-electron chi connectivity index (χ2n) is 6.57. The first-order valence-corrected chi connectivity index (χ1v) is 7.92. The second kappa shape index (κ2) is 5.63. The lowest BCUT2D eigenvalue weighted by Gasteiger charge is -2.32. The highest BCUT2D eigenvalue weighted by atomic mass is 16.5. The Morgan fingerprint density at radius 2 is 2.00 bits per heavy atom. The molecule has 5 nitrogen and oxygen atoms in total. The molecule has 1 aliphatic heterocycles. The van der Waals surface area contributed by atoms with Crippen molar-refractivity contribution < 1.29 is 14.3 Å². The van der Waals surface area contributed by atoms with E-state index in [1.807, 2.05) is 6.07 Å². The summed E-state index contributed by atoms with van der Waals surface area (Å²) in [4.78, 5) is 24.5. The fourth-order valence-corrected chi connectivity index (χ4v) is 3.03. The number of amides is 2. The molecule has 0 spiro atoms. The lowest BCUT2D eigenvalue weighted by Crippen LogP contribution is -2.46. The van der Waals surface area contributed by atoms with Crippen molar-refractivity contribution in [1.82, 2.24) is 0 Å². The van der Waals surface area contributed by atoms with Crippen LogP contribution in [0.4, 0.5) is 11.4 Å². The molecule has 0 saturated heterocycles. The molecule has 3 rings (SSSR count). The fraction of sp³-hybridized carbons (Fsp3) is 0.529. The van der Waals surface area contributed by atoms with Crippen LogP contribution in [0.15, 0.2) is 18.2 Å². The maximum absolute atomic E-state index is 12.4. The van der Waals surface area contributed by atoms with Crippen molar-refractivity contribution in [2.24, 2.45) is 5.92 Å². The zero-order valence-electron chi connectivity index (χ0n) is 13.1. The van der Waals surface area contributed by atoms with Gasteiger partial charge in [-0.05, 0) is 38.8 Å². The van der Waals surface area contributed by atoms with Gasteiger partial charge in [-0.15, -0.1) is 0 Å². The summed E-state index contributed by atoms with van der Waals surface area (Å²) in [6, 6.07) is 5.41. The third-order valence-electron chi connectivity index (χ3n) is 4.41. The van der Waals surface area contributed by atoms with Gasteiger partial charge < -0.3 is 15.4 Å². The van der Waals surface area contributed by atoms with E-state index < -0.39 is 5.60 Å². The lowest BCUT2D eigenvalue weighted by atomic mass is 9.88. The Kier molecular flexibility index (Phi) is 3.81. The van der Waals surface area contributed by atoms with E-state index in [2.05, 4.69) is 10.6 Å². The first kappa shape index (κ1) is 14.9. The highest BCUT2D eigenvalue weighted by Crippen LogP contribution is 2.39. The van der Waals surface area contributed by atoms with Crippen molar-refractivity contribution in [3.63, 3.8) is 0 Å². The van der Waals surface area contributed by atoms with Gasteiger partial charge >= 0.3 is 0 Å². The Morgan fingerprint density at radius 3 is 2.73 bits per heavy atom. The summed E-state index contributed by atoms with van der Waals surface area (Å²) < 4.78 is 5.74. The topological polar surface area (TPSA) is 67.4 Å². The van der Waals surface area contributed by atoms with Crippen molar-refractivity contribution in [2.75, 3.05) is 10.6 Å². The van der Waals surface area contributed by atoms with Gasteiger partial charge in [0, 0.05) is 5.92 Å². The van der Waals surface area contributed by atoms with Crippen LogP contribution in [0.2, 0.25) is 0 Å². The number of hydrogen-bond donors (Lipinski definition) is 2. The van der Waals surface area contributed by atoms with E-state index in [1.165, 1.54) is 6.42 Å². The molecule has 1 aromatic carbocycles. The number of hydrogen-bond acceptors (Lipinski definition) is 3. The molecule has 1 heterocycles. The van der Waals surface area contributed by atoms with E-state index in [-0.39, 0.29) is 17.7 Å². The summed E-state index contributed by atoms with van der Waals surface area (Å²) in [6.45, 7) is 3.44. The molecule has 22 heavy (non-hydrogen) atoms. The molecule has 1 fully saturated rings. The number of anilines is 2. The molecule has 2 amide bonds. The first-order valence-electron chi connectivity index (χ1n) is 7.92. The molecule has 118 valence electrons. The van der Waals surface area contributed by atoms with Crippen molar-refractivity contribution >= 4 is 23.2 Å². The zero-order chi connectivity index (χ0) is 15.7. The van der Waals surface area contributed by atoms with Crippen molar-refractivity contribution in [3.8, 4) is 5.75 Å². The van der Waals surface area contributed by atoms with Gasteiger partial charge in [-0.25, -0.2) is 0 Å². The number of carbonyl (C=O) groups is 2. The average molecular weight is 302 g/mol. The van der Waals surface area contributed by atoms with Crippen LogP contribution < -0.4 is 15.4 Å². The molecule has 1 aliphatic carbocycles. The Labute approximate surface area is 130 Å². The van der Waals surface area contributed by atoms with Gasteiger partial charge in [0.25, 0.3) is 5.91 Å². The molecule has 0 atom stereocenters. The van der Waals surface area contributed by atoms with Crippen molar-refractivity contribution in [2.45, 2.75) is 51.6 Å². The molecule has 0 aromatic heterocycles. The van der Waals surface area contributed by atoms with Crippen molar-refractivity contribution in [3.05, 3.63) is 18.2 Å². The minimum absolute atomic E-state index is 0.0344. The molecule has 5 heteroatoms. The predicted molar refractivity (Wildman–Crippen MR) is 85.0 cm³/mol. The van der Waals surface area contributed by atoms with E-state index in [0.29, 0.717) is 17.1 Å². The number of para-hydroxylation sites is 1. The minimum Gasteiger partial charge on any atom is -0.476 e. The van der Waals surface area contributed by atoms with E-state index in [0.717, 1.165) is 25.7 Å². The quantitative estimate of drug-likeness (QED) is 0.880. The molecular formula is C17H22N2O3. The lowest BCUT2D eigenvalue weighted by molar-refractivity contribution is -0.129. The largest absolute Gasteiger partial charge is 0.476 e. The predicted octanol–water partition coefficient (Wildman–Crippen LogP) is 3.31. The number of fused-ring (bicyclic) bond motifs is 1. The van der Waals surface area contributed by atoms with Gasteiger partial charge in [-0.1, -0.05) is 25.3 Å². The van der Waals surface area contributed by atoms with Crippen LogP contribution in [-0.2, 0) is 9.59 Å². The molecule has 0 radical (unpaired) electrons. The van der Waals surface area contributed by atoms with Gasteiger partial charge in [0.15, 0.2) is 5.60 Å². The smallest absolute Gasteiger partial charge is 0.268 e. The third-order valence-corrected chi connectivity index (χ3v) is 4.41. The summed E-state index contributed by atoms with van der Waals surface area (Å²) in [5.41, 5.74) is 0.256. The maximum atomic E-state index is 12.4. The van der Waals surface area contributed by atoms with Crippen LogP contribution in [0.3, 0.4) is 0 Å². The third kappa shape index (κ3) is 2.80. The molecule has 2 aliphatic rings. The number of benzene rings is 1. The van der Waals surface area contributed by atoms with Gasteiger partial charge in [-0.2, -0.15) is 0 Å². The average Bonchev–Trinajstić information content (AvgIpc) is 2.50. The van der Waals surface area contributed by atoms with E-state index in [1.54, 1.807) is 26.0 Å². The standard InChI is InChI=1S/C17H22N2O3/c1-17(2)16(21)19-14-12(9-6-10-13(14)22-17)18-15(20)11-7-4-3-5-8-11/h6,9-11H,3-5,7-8H2,1-2H3,(H,18,20)(H,19,21). The summed E-state index contributed by atoms with van der Waals surface area (Å²) in [7, 11) is 0. The van der Waals surface area contributed by atoms with Crippen LogP contribution in [-0.4, -0.2) is 17.4 Å². The Balaban J connectivity index is 1.81. The van der Waals surface area contributed by atoms with Crippen LogP contribution >= 0.6 is 0 Å². The highest BCUT2D eigenvalue weighted by molar-refractivity contribution is 6.06. The van der Waals surface area contributed by atoms with E-state index in [4.69, 9.17) is 4.74 Å². The van der Waals surface area contributed by atoms with E-state index >= 15 is 0 Å². The summed E-state index contributed by atoms with van der Waals surface area (Å²) >= 11 is 0. The van der Waals surface area contributed by atoms with Gasteiger partial charge in [0.1, 0.15) is 11.4 Å². The van der Waals surface area contributed by atoms with Gasteiger partial charge in [0.05, 0.1) is 5.69 Å². The molecule has 0 unspecified atom stereocenters. The fourth-order valence-electron chi connectivity index (χ4n) is 3.03. The summed E-state index contributed by atoms with van der Waals surface area (Å²) in [5, 5.41) is 5.80. The van der Waals surface area contributed by atoms with E-state index in [9.17, 15) is 9.59 Å². The number of ether oxygens (including phenoxy) is 1. The minimum atomic E-state index is -0.904. The second-order valence-corrected chi connectivity index (χ2v) is 6.57. The Hall–Kier alpha value is -2.04. The summed E-state index contributed by atoms with van der Waals surface area (Å²) in [5.74, 6) is 0.485. The molecule has 0 bridgehead atoms. The Bertz CT molecular complexity index is 604. The number of rotatable bonds is 2. The normalized spacial score (nSPS) is 20.5. The molecule has 1 saturated carbocycles. The number of nitrogens with one attached hydrogen (secondary N) is 2. The molecule has 2 N–H and O–H groups in total. The molecule has 1 aromatic rings. The zero-order valence-corrected chi connectivity index (χ0v) is 13.1. The monoisotopic (exact) mass is 302 g/mol. The Morgan fingerprint density at radius 1 is 1.27 bits per heavy atom. The summed E-state index contributed by atoms with van der Waals surface area (Å²) in [6.07, 6.45) is 5.31. The maximum Gasteiger partial charge on any atom is 0.268 e. The highest BCUT2D eigenvalue weighted by Gasteiger charge is 2.36. The van der Waals surface area contributed by atoms with Gasteiger partial charge in [-0.3, -0.25) is 9.59 Å². The van der Waals surface area contributed by atoms with Crippen LogP contribution in [0.1, 0.15) is 46.0 Å². The van der Waals surface area contributed by atoms with Crippen LogP contribution in [0.5, 0.6) is 5.75 Å². The first-order chi connectivity index (χ1) is 10.5. The number of carbonyl (C=O) groups excluding carboxylic acids is 2.